The molecule has 0 amide bonds. The van der Waals surface area contributed by atoms with Gasteiger partial charge in [0.1, 0.15) is 5.82 Å². The number of hydrogen-bond donors (Lipinski definition) is 2. The standard InChI is InChI=1S/C15H17N5S/c1-20(8-13-9-21-10-17-13)7-12-6-11-4-2-3-5-14(11)18-15(12)19-16/h2-6,9-10H,7-8,16H2,1H3,(H,18,19). The molecule has 6 heteroatoms. The number of pyridine rings is 1. The topological polar surface area (TPSA) is 67.1 Å². The summed E-state index contributed by atoms with van der Waals surface area (Å²) >= 11 is 1.61. The van der Waals surface area contributed by atoms with E-state index in [0.29, 0.717) is 0 Å². The Morgan fingerprint density at radius 1 is 1.29 bits per heavy atom. The zero-order chi connectivity index (χ0) is 14.7. The third-order valence-electron chi connectivity index (χ3n) is 3.30. The first kappa shape index (κ1) is 13.9. The first-order valence-corrected chi connectivity index (χ1v) is 7.61. The molecule has 0 aliphatic carbocycles. The first-order valence-electron chi connectivity index (χ1n) is 6.67. The number of aromatic nitrogens is 2. The van der Waals surface area contributed by atoms with Crippen molar-refractivity contribution in [2.24, 2.45) is 5.84 Å². The monoisotopic (exact) mass is 299 g/mol. The van der Waals surface area contributed by atoms with E-state index in [4.69, 9.17) is 5.84 Å². The maximum atomic E-state index is 5.61. The summed E-state index contributed by atoms with van der Waals surface area (Å²) in [6.07, 6.45) is 0. The Morgan fingerprint density at radius 3 is 2.90 bits per heavy atom. The predicted octanol–water partition coefficient (Wildman–Crippen LogP) is 2.61. The summed E-state index contributed by atoms with van der Waals surface area (Å²) in [5, 5.41) is 3.19. The fourth-order valence-electron chi connectivity index (χ4n) is 2.34. The Labute approximate surface area is 127 Å². The van der Waals surface area contributed by atoms with Crippen molar-refractivity contribution in [3.63, 3.8) is 0 Å². The van der Waals surface area contributed by atoms with Crippen LogP contribution in [0.25, 0.3) is 10.9 Å². The summed E-state index contributed by atoms with van der Waals surface area (Å²) in [6, 6.07) is 10.2. The van der Waals surface area contributed by atoms with Crippen LogP contribution in [0.2, 0.25) is 0 Å². The first-order chi connectivity index (χ1) is 10.3. The van der Waals surface area contributed by atoms with E-state index in [1.54, 1.807) is 11.3 Å². The number of hydrogen-bond acceptors (Lipinski definition) is 6. The van der Waals surface area contributed by atoms with E-state index in [-0.39, 0.29) is 0 Å². The Hall–Kier alpha value is -2.02. The number of para-hydroxylation sites is 1. The number of anilines is 1. The van der Waals surface area contributed by atoms with Crippen molar-refractivity contribution >= 4 is 28.1 Å². The second-order valence-corrected chi connectivity index (χ2v) is 5.70. The van der Waals surface area contributed by atoms with Gasteiger partial charge in [0, 0.05) is 29.4 Å². The highest BCUT2D eigenvalue weighted by molar-refractivity contribution is 7.07. The minimum Gasteiger partial charge on any atom is -0.308 e. The molecule has 0 saturated carbocycles. The Kier molecular flexibility index (Phi) is 4.10. The molecule has 3 N–H and O–H groups in total. The highest BCUT2D eigenvalue weighted by Crippen LogP contribution is 2.21. The molecular formula is C15H17N5S. The second kappa shape index (κ2) is 6.17. The SMILES string of the molecule is CN(Cc1cscn1)Cc1cc2ccccc2nc1NN. The molecule has 108 valence electrons. The maximum absolute atomic E-state index is 5.61. The van der Waals surface area contributed by atoms with Gasteiger partial charge in [0.25, 0.3) is 0 Å². The van der Waals surface area contributed by atoms with Gasteiger partial charge in [0.2, 0.25) is 0 Å². The van der Waals surface area contributed by atoms with Gasteiger partial charge in [0.05, 0.1) is 16.7 Å². The van der Waals surface area contributed by atoms with E-state index in [2.05, 4.69) is 44.9 Å². The van der Waals surface area contributed by atoms with Gasteiger partial charge in [-0.1, -0.05) is 18.2 Å². The molecule has 3 aromatic rings. The quantitative estimate of drug-likeness (QED) is 0.560. The number of nitrogens with two attached hydrogens (primary N) is 1. The lowest BCUT2D eigenvalue weighted by Crippen LogP contribution is -2.20. The molecule has 1 aromatic carbocycles. The predicted molar refractivity (Wildman–Crippen MR) is 86.8 cm³/mol. The molecule has 2 heterocycles. The van der Waals surface area contributed by atoms with Crippen LogP contribution in [-0.4, -0.2) is 21.9 Å². The molecule has 2 aromatic heterocycles. The summed E-state index contributed by atoms with van der Waals surface area (Å²) < 4.78 is 0. The van der Waals surface area contributed by atoms with E-state index < -0.39 is 0 Å². The van der Waals surface area contributed by atoms with Crippen LogP contribution in [0.15, 0.2) is 41.2 Å². The highest BCUT2D eigenvalue weighted by atomic mass is 32.1. The van der Waals surface area contributed by atoms with Gasteiger partial charge >= 0.3 is 0 Å². The molecule has 0 atom stereocenters. The second-order valence-electron chi connectivity index (χ2n) is 4.99. The molecule has 0 aliphatic heterocycles. The minimum absolute atomic E-state index is 0.721. The van der Waals surface area contributed by atoms with Crippen LogP contribution in [0.4, 0.5) is 5.82 Å². The van der Waals surface area contributed by atoms with Crippen LogP contribution in [0.3, 0.4) is 0 Å². The molecule has 0 unspecified atom stereocenters. The molecule has 0 bridgehead atoms. The van der Waals surface area contributed by atoms with Gasteiger partial charge in [-0.15, -0.1) is 11.3 Å². The summed E-state index contributed by atoms with van der Waals surface area (Å²) in [4.78, 5) is 11.1. The normalized spacial score (nSPS) is 11.2. The summed E-state index contributed by atoms with van der Waals surface area (Å²) in [5.41, 5.74) is 7.66. The average molecular weight is 299 g/mol. The zero-order valence-electron chi connectivity index (χ0n) is 11.8. The summed E-state index contributed by atoms with van der Waals surface area (Å²) in [5.74, 6) is 6.33. The van der Waals surface area contributed by atoms with E-state index >= 15 is 0 Å². The maximum Gasteiger partial charge on any atom is 0.145 e. The van der Waals surface area contributed by atoms with Crippen molar-refractivity contribution in [2.75, 3.05) is 12.5 Å². The number of hydrazine groups is 1. The molecule has 21 heavy (non-hydrogen) atoms. The number of fused-ring (bicyclic) bond motifs is 1. The fraction of sp³-hybridized carbons (Fsp3) is 0.200. The smallest absolute Gasteiger partial charge is 0.145 e. The van der Waals surface area contributed by atoms with Crippen molar-refractivity contribution in [1.29, 1.82) is 0 Å². The lowest BCUT2D eigenvalue weighted by Gasteiger charge is -2.17. The molecule has 3 rings (SSSR count). The fourth-order valence-corrected chi connectivity index (χ4v) is 2.89. The number of nitrogens with zero attached hydrogens (tertiary/aromatic N) is 3. The van der Waals surface area contributed by atoms with Crippen molar-refractivity contribution in [3.05, 3.63) is 52.5 Å². The zero-order valence-corrected chi connectivity index (χ0v) is 12.6. The molecule has 0 saturated heterocycles. The van der Waals surface area contributed by atoms with Gasteiger partial charge in [-0.05, 0) is 19.2 Å². The molecule has 0 aliphatic rings. The third-order valence-corrected chi connectivity index (χ3v) is 3.93. The van der Waals surface area contributed by atoms with Crippen LogP contribution in [0.1, 0.15) is 11.3 Å². The number of thiazole rings is 1. The molecule has 0 fully saturated rings. The minimum atomic E-state index is 0.721. The van der Waals surface area contributed by atoms with Crippen LogP contribution in [0, 0.1) is 0 Å². The van der Waals surface area contributed by atoms with Crippen LogP contribution >= 0.6 is 11.3 Å². The average Bonchev–Trinajstić information content (AvgIpc) is 2.99. The number of benzene rings is 1. The van der Waals surface area contributed by atoms with Crippen molar-refractivity contribution in [1.82, 2.24) is 14.9 Å². The highest BCUT2D eigenvalue weighted by Gasteiger charge is 2.09. The lowest BCUT2D eigenvalue weighted by atomic mass is 10.1. The molecule has 5 nitrogen and oxygen atoms in total. The molecular weight excluding hydrogens is 282 g/mol. The number of nitrogens with one attached hydrogen (secondary N) is 1. The Morgan fingerprint density at radius 2 is 2.14 bits per heavy atom. The van der Waals surface area contributed by atoms with Gasteiger partial charge < -0.3 is 5.43 Å². The summed E-state index contributed by atoms with van der Waals surface area (Å²) in [6.45, 7) is 1.56. The number of nitrogen functional groups attached to an aromatic ring is 1. The summed E-state index contributed by atoms with van der Waals surface area (Å²) in [7, 11) is 2.06. The van der Waals surface area contributed by atoms with Crippen LogP contribution < -0.4 is 11.3 Å². The van der Waals surface area contributed by atoms with Gasteiger partial charge in [-0.25, -0.2) is 15.8 Å². The Bertz CT molecular complexity index is 726. The van der Waals surface area contributed by atoms with Gasteiger partial charge in [0.15, 0.2) is 0 Å². The van der Waals surface area contributed by atoms with Gasteiger partial charge in [-0.2, -0.15) is 0 Å². The largest absolute Gasteiger partial charge is 0.308 e. The van der Waals surface area contributed by atoms with Crippen molar-refractivity contribution in [3.8, 4) is 0 Å². The van der Waals surface area contributed by atoms with E-state index in [1.165, 1.54) is 0 Å². The van der Waals surface area contributed by atoms with E-state index in [9.17, 15) is 0 Å². The van der Waals surface area contributed by atoms with Crippen molar-refractivity contribution < 1.29 is 0 Å². The lowest BCUT2D eigenvalue weighted by molar-refractivity contribution is 0.316. The van der Waals surface area contributed by atoms with Gasteiger partial charge in [-0.3, -0.25) is 4.90 Å². The van der Waals surface area contributed by atoms with Crippen LogP contribution in [-0.2, 0) is 13.1 Å². The van der Waals surface area contributed by atoms with E-state index in [1.807, 2.05) is 23.7 Å². The van der Waals surface area contributed by atoms with Crippen molar-refractivity contribution in [2.45, 2.75) is 13.1 Å². The third kappa shape index (κ3) is 3.18. The van der Waals surface area contributed by atoms with Crippen LogP contribution in [0.5, 0.6) is 0 Å². The Balaban J connectivity index is 1.84. The molecule has 0 spiro atoms. The van der Waals surface area contributed by atoms with E-state index in [0.717, 1.165) is 41.1 Å². The number of rotatable bonds is 5. The molecule has 0 radical (unpaired) electrons.